The summed E-state index contributed by atoms with van der Waals surface area (Å²) >= 11 is 0. The van der Waals surface area contributed by atoms with Gasteiger partial charge in [-0.2, -0.15) is 0 Å². The van der Waals surface area contributed by atoms with Crippen LogP contribution >= 0.6 is 0 Å². The van der Waals surface area contributed by atoms with Crippen LogP contribution in [0.2, 0.25) is 0 Å². The average Bonchev–Trinajstić information content (AvgIpc) is 3.49. The van der Waals surface area contributed by atoms with Crippen molar-refractivity contribution in [2.45, 2.75) is 95.7 Å². The Balaban J connectivity index is 0.848. The lowest BCUT2D eigenvalue weighted by Gasteiger charge is -2.65. The van der Waals surface area contributed by atoms with E-state index in [9.17, 15) is 19.2 Å². The number of amides is 3. The molecular weight excluding hydrogens is 732 g/mol. The molecule has 2 aliphatic heterocycles. The standard InChI is InChI=1S/C43H58N4O10/c1-41-18-28-19-42(2,23-41)25-43(20-28,24-41)46-40(51)56-22-32(44)37(48)47-12-10-30(11-13-47)45-39(50)57-34-9-7-27(17-36(34)54-5)15-31-29(21-55-38(31)49)14-26-6-8-33(52-3)35(16-26)53-4/h6-9,16-17,28-32H,10-15,18-25,44H2,1-5H3,(H,45,50)(H,46,51)/t28?,29-,31+,32-,41?,42?,43?/m0/s1. The summed E-state index contributed by atoms with van der Waals surface area (Å²) in [5.74, 6) is 1.55. The van der Waals surface area contributed by atoms with E-state index >= 15 is 0 Å². The van der Waals surface area contributed by atoms with Gasteiger partial charge in [0.2, 0.25) is 5.91 Å². The Morgan fingerprint density at radius 3 is 2.09 bits per heavy atom. The Morgan fingerprint density at radius 2 is 1.46 bits per heavy atom. The maximum Gasteiger partial charge on any atom is 0.412 e. The van der Waals surface area contributed by atoms with Crippen molar-refractivity contribution in [3.05, 3.63) is 47.5 Å². The van der Waals surface area contributed by atoms with E-state index in [-0.39, 0.29) is 58.5 Å². The third-order valence-electron chi connectivity index (χ3n) is 13.0. The number of methoxy groups -OCH3 is 3. The molecule has 0 radical (unpaired) electrons. The molecule has 6 fully saturated rings. The second kappa shape index (κ2) is 16.3. The summed E-state index contributed by atoms with van der Waals surface area (Å²) in [5.41, 5.74) is 8.32. The van der Waals surface area contributed by atoms with Gasteiger partial charge in [-0.3, -0.25) is 9.59 Å². The first-order valence-corrected chi connectivity index (χ1v) is 20.2. The molecule has 2 heterocycles. The van der Waals surface area contributed by atoms with Gasteiger partial charge >= 0.3 is 18.2 Å². The van der Waals surface area contributed by atoms with Crippen molar-refractivity contribution in [2.24, 2.45) is 34.3 Å². The monoisotopic (exact) mass is 790 g/mol. The number of carbonyl (C=O) groups is 4. The van der Waals surface area contributed by atoms with Gasteiger partial charge in [0.25, 0.3) is 0 Å². The van der Waals surface area contributed by atoms with E-state index in [0.717, 1.165) is 30.4 Å². The molecular formula is C43H58N4O10. The number of rotatable bonds is 13. The second-order valence-corrected chi connectivity index (χ2v) is 18.0. The summed E-state index contributed by atoms with van der Waals surface area (Å²) in [6, 6.07) is 9.78. The van der Waals surface area contributed by atoms with Crippen molar-refractivity contribution in [3.63, 3.8) is 0 Å². The number of likely N-dealkylation sites (tertiary alicyclic amines) is 1. The summed E-state index contributed by atoms with van der Waals surface area (Å²) in [5, 5.41) is 6.10. The minimum absolute atomic E-state index is 0.0377. The molecule has 2 saturated heterocycles. The van der Waals surface area contributed by atoms with E-state index in [0.29, 0.717) is 68.5 Å². The number of alkyl carbamates (subject to hydrolysis) is 1. The highest BCUT2D eigenvalue weighted by atomic mass is 16.6. The van der Waals surface area contributed by atoms with E-state index in [4.69, 9.17) is 34.2 Å². The highest BCUT2D eigenvalue weighted by Crippen LogP contribution is 2.66. The number of hydrogen-bond donors (Lipinski definition) is 3. The van der Waals surface area contributed by atoms with Crippen LogP contribution in [0.25, 0.3) is 0 Å². The van der Waals surface area contributed by atoms with Crippen LogP contribution in [0.15, 0.2) is 36.4 Å². The normalized spacial score (nSPS) is 29.6. The number of nitrogens with two attached hydrogens (primary N) is 1. The Labute approximate surface area is 334 Å². The smallest absolute Gasteiger partial charge is 0.412 e. The van der Waals surface area contributed by atoms with Gasteiger partial charge in [-0.15, -0.1) is 0 Å². The van der Waals surface area contributed by atoms with Crippen molar-refractivity contribution in [1.82, 2.24) is 15.5 Å². The maximum absolute atomic E-state index is 13.2. The molecule has 6 aliphatic rings. The number of esters is 1. The molecule has 2 unspecified atom stereocenters. The van der Waals surface area contributed by atoms with Gasteiger partial charge in [-0.05, 0) is 116 Å². The molecule has 310 valence electrons. The molecule has 0 aromatic heterocycles. The van der Waals surface area contributed by atoms with Gasteiger partial charge in [0.15, 0.2) is 23.0 Å². The number of ether oxygens (including phenoxy) is 6. The van der Waals surface area contributed by atoms with Crippen LogP contribution in [0, 0.1) is 28.6 Å². The van der Waals surface area contributed by atoms with Crippen molar-refractivity contribution < 1.29 is 47.6 Å². The first-order chi connectivity index (χ1) is 27.2. The Bertz CT molecular complexity index is 1830. The topological polar surface area (TPSA) is 177 Å². The third kappa shape index (κ3) is 9.05. The fraction of sp³-hybridized carbons (Fsp3) is 0.628. The molecule has 3 amide bonds. The Hall–Kier alpha value is -4.72. The fourth-order valence-electron chi connectivity index (χ4n) is 11.4. The summed E-state index contributed by atoms with van der Waals surface area (Å²) in [6.07, 6.45) is 7.50. The van der Waals surface area contributed by atoms with E-state index in [1.165, 1.54) is 26.4 Å². The lowest BCUT2D eigenvalue weighted by molar-refractivity contribution is -0.141. The van der Waals surface area contributed by atoms with Gasteiger partial charge < -0.3 is 49.7 Å². The predicted molar refractivity (Wildman–Crippen MR) is 209 cm³/mol. The zero-order valence-corrected chi connectivity index (χ0v) is 33.9. The fourth-order valence-corrected chi connectivity index (χ4v) is 11.4. The van der Waals surface area contributed by atoms with Crippen LogP contribution in [0.5, 0.6) is 23.0 Å². The minimum Gasteiger partial charge on any atom is -0.493 e. The first kappa shape index (κ1) is 40.5. The van der Waals surface area contributed by atoms with Gasteiger partial charge in [-0.1, -0.05) is 26.0 Å². The van der Waals surface area contributed by atoms with E-state index < -0.39 is 18.2 Å². The Morgan fingerprint density at radius 1 is 0.842 bits per heavy atom. The molecule has 4 N–H and O–H groups in total. The van der Waals surface area contributed by atoms with Crippen molar-refractivity contribution in [2.75, 3.05) is 47.6 Å². The van der Waals surface area contributed by atoms with Crippen LogP contribution < -0.4 is 35.3 Å². The summed E-state index contributed by atoms with van der Waals surface area (Å²) in [4.78, 5) is 53.6. The SMILES string of the molecule is COc1ccc(C[C@H]2COC(=O)[C@@H]2Cc2ccc(OC(=O)NC3CCN(C(=O)[C@@H](N)COC(=O)NC45CC6CC(C)(CC(C)(C6)C4)C5)CC3)c(OC)c2)cc1OC. The van der Waals surface area contributed by atoms with E-state index in [1.54, 1.807) is 31.3 Å². The predicted octanol–water partition coefficient (Wildman–Crippen LogP) is 5.17. The van der Waals surface area contributed by atoms with Crippen LogP contribution in [0.4, 0.5) is 9.59 Å². The number of nitrogens with one attached hydrogen (secondary N) is 2. The average molecular weight is 791 g/mol. The van der Waals surface area contributed by atoms with Gasteiger partial charge in [0.05, 0.1) is 33.9 Å². The maximum atomic E-state index is 13.2. The summed E-state index contributed by atoms with van der Waals surface area (Å²) in [7, 11) is 4.67. The number of cyclic esters (lactones) is 1. The molecule has 57 heavy (non-hydrogen) atoms. The molecule has 0 spiro atoms. The zero-order valence-electron chi connectivity index (χ0n) is 33.9. The third-order valence-corrected chi connectivity index (χ3v) is 13.0. The number of carbonyl (C=O) groups excluding carboxylic acids is 4. The van der Waals surface area contributed by atoms with Gasteiger partial charge in [0.1, 0.15) is 12.6 Å². The second-order valence-electron chi connectivity index (χ2n) is 18.0. The quantitative estimate of drug-likeness (QED) is 0.228. The summed E-state index contributed by atoms with van der Waals surface area (Å²) < 4.78 is 33.0. The number of nitrogens with zero attached hydrogens (tertiary/aromatic N) is 1. The van der Waals surface area contributed by atoms with E-state index in [2.05, 4.69) is 24.5 Å². The van der Waals surface area contributed by atoms with Crippen molar-refractivity contribution >= 4 is 24.1 Å². The molecule has 5 atom stereocenters. The van der Waals surface area contributed by atoms with Gasteiger partial charge in [0, 0.05) is 30.6 Å². The molecule has 2 aromatic rings. The lowest BCUT2D eigenvalue weighted by Crippen LogP contribution is -2.65. The van der Waals surface area contributed by atoms with Crippen LogP contribution in [-0.2, 0) is 31.9 Å². The lowest BCUT2D eigenvalue weighted by atomic mass is 9.43. The number of benzene rings is 2. The summed E-state index contributed by atoms with van der Waals surface area (Å²) in [6.45, 7) is 5.60. The number of piperidine rings is 1. The minimum atomic E-state index is -0.977. The molecule has 2 aromatic carbocycles. The molecule has 4 saturated carbocycles. The molecule has 14 nitrogen and oxygen atoms in total. The van der Waals surface area contributed by atoms with Crippen LogP contribution in [0.3, 0.4) is 0 Å². The van der Waals surface area contributed by atoms with Crippen LogP contribution in [0.1, 0.15) is 76.3 Å². The van der Waals surface area contributed by atoms with Crippen LogP contribution in [-0.4, -0.2) is 94.2 Å². The molecule has 4 bridgehead atoms. The largest absolute Gasteiger partial charge is 0.493 e. The zero-order chi connectivity index (χ0) is 40.5. The molecule has 14 heteroatoms. The molecule has 4 aliphatic carbocycles. The molecule has 8 rings (SSSR count). The Kier molecular flexibility index (Phi) is 11.5. The van der Waals surface area contributed by atoms with Crippen molar-refractivity contribution in [1.29, 1.82) is 0 Å². The number of hydrogen-bond acceptors (Lipinski definition) is 11. The first-order valence-electron chi connectivity index (χ1n) is 20.2. The highest BCUT2D eigenvalue weighted by molar-refractivity contribution is 5.82. The highest BCUT2D eigenvalue weighted by Gasteiger charge is 2.60. The van der Waals surface area contributed by atoms with Crippen molar-refractivity contribution in [3.8, 4) is 23.0 Å². The van der Waals surface area contributed by atoms with E-state index in [1.807, 2.05) is 24.3 Å². The van der Waals surface area contributed by atoms with Gasteiger partial charge in [-0.25, -0.2) is 9.59 Å².